The molecule has 4 heteroatoms. The van der Waals surface area contributed by atoms with Gasteiger partial charge in [0.05, 0.1) is 0 Å². The lowest BCUT2D eigenvalue weighted by atomic mass is 10.1. The summed E-state index contributed by atoms with van der Waals surface area (Å²) < 4.78 is 10.7. The standard InChI is InChI=1S/C15H24N2O2/c1-4-17(5-2)9-8-16-12(3)13-6-7-14-15(10-13)19-11-18-14/h6-7,10,12,16H,4-5,8-9,11H2,1-3H3. The highest BCUT2D eigenvalue weighted by Crippen LogP contribution is 2.33. The second kappa shape index (κ2) is 6.78. The normalized spacial score (nSPS) is 14.9. The summed E-state index contributed by atoms with van der Waals surface area (Å²) in [6, 6.07) is 6.48. The molecule has 1 aliphatic rings. The first-order valence-corrected chi connectivity index (χ1v) is 7.09. The molecule has 0 saturated carbocycles. The van der Waals surface area contributed by atoms with E-state index in [1.165, 1.54) is 5.56 Å². The average molecular weight is 264 g/mol. The van der Waals surface area contributed by atoms with Gasteiger partial charge < -0.3 is 19.7 Å². The first-order valence-electron chi connectivity index (χ1n) is 7.09. The summed E-state index contributed by atoms with van der Waals surface area (Å²) in [7, 11) is 0. The van der Waals surface area contributed by atoms with E-state index in [9.17, 15) is 0 Å². The van der Waals surface area contributed by atoms with Crippen molar-refractivity contribution in [3.63, 3.8) is 0 Å². The van der Waals surface area contributed by atoms with E-state index in [1.54, 1.807) is 0 Å². The van der Waals surface area contributed by atoms with Crippen LogP contribution in [0.1, 0.15) is 32.4 Å². The summed E-state index contributed by atoms with van der Waals surface area (Å²) in [4.78, 5) is 2.42. The van der Waals surface area contributed by atoms with Gasteiger partial charge >= 0.3 is 0 Å². The molecular formula is C15H24N2O2. The molecule has 0 saturated heterocycles. The highest BCUT2D eigenvalue weighted by atomic mass is 16.7. The van der Waals surface area contributed by atoms with Crippen molar-refractivity contribution >= 4 is 0 Å². The van der Waals surface area contributed by atoms with Crippen LogP contribution in [-0.2, 0) is 0 Å². The van der Waals surface area contributed by atoms with Gasteiger partial charge in [-0.2, -0.15) is 0 Å². The van der Waals surface area contributed by atoms with Crippen LogP contribution in [0.3, 0.4) is 0 Å². The lowest BCUT2D eigenvalue weighted by Gasteiger charge is -2.20. The van der Waals surface area contributed by atoms with Gasteiger partial charge in [-0.05, 0) is 37.7 Å². The van der Waals surface area contributed by atoms with Crippen LogP contribution in [0.4, 0.5) is 0 Å². The third kappa shape index (κ3) is 3.61. The second-order valence-electron chi connectivity index (χ2n) is 4.82. The van der Waals surface area contributed by atoms with Crippen molar-refractivity contribution in [2.24, 2.45) is 0 Å². The Labute approximate surface area is 115 Å². The van der Waals surface area contributed by atoms with Crippen molar-refractivity contribution in [1.82, 2.24) is 10.2 Å². The largest absolute Gasteiger partial charge is 0.454 e. The van der Waals surface area contributed by atoms with Crippen LogP contribution >= 0.6 is 0 Å². The maximum absolute atomic E-state index is 5.41. The van der Waals surface area contributed by atoms with Crippen molar-refractivity contribution in [2.45, 2.75) is 26.8 Å². The fourth-order valence-corrected chi connectivity index (χ4v) is 2.28. The Hall–Kier alpha value is -1.26. The van der Waals surface area contributed by atoms with Gasteiger partial charge in [-0.15, -0.1) is 0 Å². The van der Waals surface area contributed by atoms with E-state index in [0.29, 0.717) is 12.8 Å². The maximum Gasteiger partial charge on any atom is 0.231 e. The van der Waals surface area contributed by atoms with Crippen molar-refractivity contribution in [1.29, 1.82) is 0 Å². The Balaban J connectivity index is 1.84. The van der Waals surface area contributed by atoms with Crippen LogP contribution in [0.2, 0.25) is 0 Å². The predicted molar refractivity (Wildman–Crippen MR) is 76.8 cm³/mol. The van der Waals surface area contributed by atoms with Gasteiger partial charge in [0.25, 0.3) is 0 Å². The van der Waals surface area contributed by atoms with E-state index in [2.05, 4.69) is 43.1 Å². The van der Waals surface area contributed by atoms with Gasteiger partial charge in [0.1, 0.15) is 0 Å². The van der Waals surface area contributed by atoms with E-state index in [0.717, 1.165) is 37.7 Å². The van der Waals surface area contributed by atoms with Crippen molar-refractivity contribution in [2.75, 3.05) is 33.0 Å². The molecule has 2 rings (SSSR count). The molecule has 19 heavy (non-hydrogen) atoms. The van der Waals surface area contributed by atoms with Gasteiger partial charge in [-0.1, -0.05) is 19.9 Å². The van der Waals surface area contributed by atoms with Crippen LogP contribution in [0.15, 0.2) is 18.2 Å². The zero-order chi connectivity index (χ0) is 13.7. The Morgan fingerprint density at radius 3 is 2.68 bits per heavy atom. The van der Waals surface area contributed by atoms with Gasteiger partial charge in [0, 0.05) is 19.1 Å². The van der Waals surface area contributed by atoms with E-state index in [-0.39, 0.29) is 0 Å². The zero-order valence-electron chi connectivity index (χ0n) is 12.1. The highest BCUT2D eigenvalue weighted by Gasteiger charge is 2.15. The lowest BCUT2D eigenvalue weighted by Crippen LogP contribution is -2.33. The summed E-state index contributed by atoms with van der Waals surface area (Å²) in [5.74, 6) is 1.70. The molecule has 1 aliphatic heterocycles. The summed E-state index contributed by atoms with van der Waals surface area (Å²) in [5.41, 5.74) is 1.24. The molecule has 0 amide bonds. The minimum atomic E-state index is 0.324. The number of likely N-dealkylation sites (N-methyl/N-ethyl adjacent to an activating group) is 1. The molecule has 4 nitrogen and oxygen atoms in total. The van der Waals surface area contributed by atoms with Crippen molar-refractivity contribution < 1.29 is 9.47 Å². The Morgan fingerprint density at radius 2 is 1.95 bits per heavy atom. The predicted octanol–water partition coefficient (Wildman–Crippen LogP) is 2.41. The Bertz CT molecular complexity index is 405. The van der Waals surface area contributed by atoms with Gasteiger partial charge in [-0.3, -0.25) is 0 Å². The molecule has 106 valence electrons. The molecule has 1 unspecified atom stereocenters. The van der Waals surface area contributed by atoms with Crippen LogP contribution < -0.4 is 14.8 Å². The summed E-state index contributed by atoms with van der Waals surface area (Å²) in [5, 5.41) is 3.55. The topological polar surface area (TPSA) is 33.7 Å². The van der Waals surface area contributed by atoms with Crippen LogP contribution in [0.25, 0.3) is 0 Å². The molecular weight excluding hydrogens is 240 g/mol. The monoisotopic (exact) mass is 264 g/mol. The maximum atomic E-state index is 5.41. The van der Waals surface area contributed by atoms with Gasteiger partial charge in [-0.25, -0.2) is 0 Å². The number of nitrogens with one attached hydrogen (secondary N) is 1. The molecule has 0 aromatic heterocycles. The first-order chi connectivity index (χ1) is 9.24. The highest BCUT2D eigenvalue weighted by molar-refractivity contribution is 5.45. The van der Waals surface area contributed by atoms with Crippen molar-refractivity contribution in [3.05, 3.63) is 23.8 Å². The smallest absolute Gasteiger partial charge is 0.231 e. The minimum Gasteiger partial charge on any atom is -0.454 e. The van der Waals surface area contributed by atoms with Crippen LogP contribution in [0.5, 0.6) is 11.5 Å². The molecule has 0 spiro atoms. The number of hydrogen-bond acceptors (Lipinski definition) is 4. The first kappa shape index (κ1) is 14.2. The number of nitrogens with zero attached hydrogens (tertiary/aromatic N) is 1. The van der Waals surface area contributed by atoms with E-state index >= 15 is 0 Å². The van der Waals surface area contributed by atoms with Gasteiger partial charge in [0.2, 0.25) is 6.79 Å². The molecule has 1 N–H and O–H groups in total. The quantitative estimate of drug-likeness (QED) is 0.820. The molecule has 1 atom stereocenters. The fraction of sp³-hybridized carbons (Fsp3) is 0.600. The number of fused-ring (bicyclic) bond motifs is 1. The van der Waals surface area contributed by atoms with E-state index < -0.39 is 0 Å². The second-order valence-corrected chi connectivity index (χ2v) is 4.82. The summed E-state index contributed by atoms with van der Waals surface area (Å²) in [6.45, 7) is 11.2. The molecule has 1 aromatic rings. The lowest BCUT2D eigenvalue weighted by molar-refractivity contribution is 0.174. The molecule has 0 bridgehead atoms. The number of rotatable bonds is 7. The van der Waals surface area contributed by atoms with Crippen LogP contribution in [-0.4, -0.2) is 37.9 Å². The molecule has 1 aromatic carbocycles. The molecule has 0 aliphatic carbocycles. The number of benzene rings is 1. The van der Waals surface area contributed by atoms with Crippen molar-refractivity contribution in [3.8, 4) is 11.5 Å². The SMILES string of the molecule is CCN(CC)CCNC(C)c1ccc2c(c1)OCO2. The molecule has 0 radical (unpaired) electrons. The third-order valence-corrected chi connectivity index (χ3v) is 3.67. The number of ether oxygens (including phenoxy) is 2. The zero-order valence-corrected chi connectivity index (χ0v) is 12.1. The van der Waals surface area contributed by atoms with E-state index in [1.807, 2.05) is 6.07 Å². The number of hydrogen-bond donors (Lipinski definition) is 1. The van der Waals surface area contributed by atoms with E-state index in [4.69, 9.17) is 9.47 Å². The average Bonchev–Trinajstić information content (AvgIpc) is 2.90. The van der Waals surface area contributed by atoms with Gasteiger partial charge in [0.15, 0.2) is 11.5 Å². The Kier molecular flexibility index (Phi) is 5.05. The molecule has 1 heterocycles. The summed E-state index contributed by atoms with van der Waals surface area (Å²) in [6.07, 6.45) is 0. The van der Waals surface area contributed by atoms with Crippen LogP contribution in [0, 0.1) is 0 Å². The Morgan fingerprint density at radius 1 is 1.21 bits per heavy atom. The fourth-order valence-electron chi connectivity index (χ4n) is 2.28. The third-order valence-electron chi connectivity index (χ3n) is 3.67. The minimum absolute atomic E-state index is 0.324. The summed E-state index contributed by atoms with van der Waals surface area (Å²) >= 11 is 0. The molecule has 0 fully saturated rings.